The van der Waals surface area contributed by atoms with Crippen molar-refractivity contribution >= 4 is 16.9 Å². The highest BCUT2D eigenvalue weighted by Crippen LogP contribution is 2.29. The van der Waals surface area contributed by atoms with Gasteiger partial charge >= 0.3 is 12.3 Å². The van der Waals surface area contributed by atoms with Gasteiger partial charge in [-0.1, -0.05) is 12.1 Å². The molecule has 0 radical (unpaired) electrons. The van der Waals surface area contributed by atoms with Crippen molar-refractivity contribution in [3.05, 3.63) is 58.1 Å². The first-order valence-electron chi connectivity index (χ1n) is 10.6. The number of anilines is 1. The van der Waals surface area contributed by atoms with E-state index in [0.29, 0.717) is 36.5 Å². The fourth-order valence-corrected chi connectivity index (χ4v) is 4.35. The monoisotopic (exact) mass is 454 g/mol. The zero-order valence-electron chi connectivity index (χ0n) is 18.6. The molecule has 0 spiro atoms. The molecule has 4 rings (SSSR count). The van der Waals surface area contributed by atoms with Crippen molar-refractivity contribution in [1.29, 1.82) is 5.26 Å². The third-order valence-electron chi connectivity index (χ3n) is 6.11. The van der Waals surface area contributed by atoms with Crippen LogP contribution in [0.1, 0.15) is 31.1 Å². The molecule has 0 aliphatic carbocycles. The normalized spacial score (nSPS) is 17.8. The molecule has 172 valence electrons. The van der Waals surface area contributed by atoms with E-state index in [1.54, 1.807) is 43.4 Å². The zero-order chi connectivity index (χ0) is 23.7. The number of benzene rings is 1. The van der Waals surface area contributed by atoms with E-state index in [2.05, 4.69) is 33.5 Å². The standard InChI is InChI=1S/C23H24F2N6O2/c1-14-13-30(21-20-19(29(3)23(32)28-21)9-6-17(12-26)27-20)10-11-31(14)15(2)16-4-7-18(8-5-16)33-22(24)25/h4-9,14-15,22H,10-11,13H2,1-3H3. The molecule has 1 aliphatic heterocycles. The molecular weight excluding hydrogens is 430 g/mol. The number of aryl methyl sites for hydroxylation is 1. The molecule has 1 aliphatic rings. The summed E-state index contributed by atoms with van der Waals surface area (Å²) in [6.45, 7) is 3.25. The zero-order valence-corrected chi connectivity index (χ0v) is 18.6. The fraction of sp³-hybridized carbons (Fsp3) is 0.391. The first-order chi connectivity index (χ1) is 15.8. The molecular formula is C23H24F2N6O2. The number of aromatic nitrogens is 3. The van der Waals surface area contributed by atoms with Gasteiger partial charge in [0.2, 0.25) is 0 Å². The van der Waals surface area contributed by atoms with Gasteiger partial charge in [-0.05, 0) is 43.7 Å². The number of pyridine rings is 1. The van der Waals surface area contributed by atoms with Crippen molar-refractivity contribution in [2.75, 3.05) is 24.5 Å². The number of hydrogen-bond donors (Lipinski definition) is 0. The van der Waals surface area contributed by atoms with Crippen molar-refractivity contribution in [3.63, 3.8) is 0 Å². The molecule has 0 N–H and O–H groups in total. The maximum Gasteiger partial charge on any atom is 0.387 e. The van der Waals surface area contributed by atoms with Crippen LogP contribution >= 0.6 is 0 Å². The van der Waals surface area contributed by atoms with Crippen molar-refractivity contribution in [2.45, 2.75) is 32.5 Å². The molecule has 1 aromatic carbocycles. The first kappa shape index (κ1) is 22.6. The highest BCUT2D eigenvalue weighted by molar-refractivity contribution is 5.86. The second kappa shape index (κ2) is 9.11. The van der Waals surface area contributed by atoms with Crippen molar-refractivity contribution in [1.82, 2.24) is 19.4 Å². The van der Waals surface area contributed by atoms with Gasteiger partial charge in [0, 0.05) is 38.8 Å². The summed E-state index contributed by atoms with van der Waals surface area (Å²) in [5.41, 5.74) is 2.04. The second-order valence-corrected chi connectivity index (χ2v) is 8.11. The van der Waals surface area contributed by atoms with E-state index < -0.39 is 6.61 Å². The lowest BCUT2D eigenvalue weighted by Gasteiger charge is -2.43. The Morgan fingerprint density at radius 2 is 1.88 bits per heavy atom. The summed E-state index contributed by atoms with van der Waals surface area (Å²) in [6.07, 6.45) is 0. The Hall–Kier alpha value is -3.58. The minimum Gasteiger partial charge on any atom is -0.435 e. The van der Waals surface area contributed by atoms with Gasteiger partial charge in [-0.2, -0.15) is 19.0 Å². The van der Waals surface area contributed by atoms with Gasteiger partial charge in [0.1, 0.15) is 23.0 Å². The molecule has 2 atom stereocenters. The predicted octanol–water partition coefficient (Wildman–Crippen LogP) is 3.07. The number of piperazine rings is 1. The lowest BCUT2D eigenvalue weighted by molar-refractivity contribution is -0.0498. The Balaban J connectivity index is 1.56. The van der Waals surface area contributed by atoms with Gasteiger partial charge < -0.3 is 9.64 Å². The average molecular weight is 454 g/mol. The van der Waals surface area contributed by atoms with Gasteiger partial charge in [-0.25, -0.2) is 9.78 Å². The van der Waals surface area contributed by atoms with Gasteiger partial charge in [-0.3, -0.25) is 9.47 Å². The van der Waals surface area contributed by atoms with Gasteiger partial charge in [0.05, 0.1) is 5.52 Å². The van der Waals surface area contributed by atoms with Gasteiger partial charge in [0.15, 0.2) is 5.82 Å². The van der Waals surface area contributed by atoms with Crippen LogP contribution in [0.25, 0.3) is 11.0 Å². The smallest absolute Gasteiger partial charge is 0.387 e. The molecule has 1 fully saturated rings. The molecule has 3 heterocycles. The lowest BCUT2D eigenvalue weighted by atomic mass is 10.0. The molecule has 2 unspecified atom stereocenters. The van der Waals surface area contributed by atoms with Crippen molar-refractivity contribution in [3.8, 4) is 11.8 Å². The van der Waals surface area contributed by atoms with Crippen LogP contribution < -0.4 is 15.3 Å². The number of nitriles is 1. The predicted molar refractivity (Wildman–Crippen MR) is 119 cm³/mol. The number of fused-ring (bicyclic) bond motifs is 1. The Morgan fingerprint density at radius 1 is 1.15 bits per heavy atom. The van der Waals surface area contributed by atoms with Gasteiger partial charge in [-0.15, -0.1) is 0 Å². The van der Waals surface area contributed by atoms with Gasteiger partial charge in [0.25, 0.3) is 0 Å². The summed E-state index contributed by atoms with van der Waals surface area (Å²) in [5.74, 6) is 0.615. The summed E-state index contributed by atoms with van der Waals surface area (Å²) >= 11 is 0. The fourth-order valence-electron chi connectivity index (χ4n) is 4.35. The molecule has 3 aromatic rings. The Kier molecular flexibility index (Phi) is 6.24. The minimum atomic E-state index is -2.85. The maximum absolute atomic E-state index is 12.4. The molecule has 8 nitrogen and oxygen atoms in total. The van der Waals surface area contributed by atoms with Crippen LogP contribution in [-0.4, -0.2) is 51.7 Å². The number of rotatable bonds is 5. The lowest BCUT2D eigenvalue weighted by Crippen LogP contribution is -2.53. The number of nitrogens with zero attached hydrogens (tertiary/aromatic N) is 6. The van der Waals surface area contributed by atoms with Crippen molar-refractivity contribution < 1.29 is 13.5 Å². The number of hydrogen-bond acceptors (Lipinski definition) is 7. The van der Waals surface area contributed by atoms with E-state index >= 15 is 0 Å². The van der Waals surface area contributed by atoms with E-state index in [4.69, 9.17) is 0 Å². The van der Waals surface area contributed by atoms with Crippen LogP contribution in [0.5, 0.6) is 5.75 Å². The summed E-state index contributed by atoms with van der Waals surface area (Å²) in [5, 5.41) is 9.26. The van der Waals surface area contributed by atoms with E-state index in [0.717, 1.165) is 5.56 Å². The highest BCUT2D eigenvalue weighted by atomic mass is 19.3. The first-order valence-corrected chi connectivity index (χ1v) is 10.6. The van der Waals surface area contributed by atoms with E-state index in [-0.39, 0.29) is 29.2 Å². The largest absolute Gasteiger partial charge is 0.435 e. The molecule has 0 bridgehead atoms. The second-order valence-electron chi connectivity index (χ2n) is 8.11. The van der Waals surface area contributed by atoms with E-state index in [1.807, 2.05) is 11.0 Å². The SMILES string of the molecule is CC1CN(c2nc(=O)n(C)c3ccc(C#N)nc23)CCN1C(C)c1ccc(OC(F)F)cc1. The van der Waals surface area contributed by atoms with Crippen LogP contribution in [0.15, 0.2) is 41.2 Å². The van der Waals surface area contributed by atoms with E-state index in [9.17, 15) is 18.8 Å². The van der Waals surface area contributed by atoms with Crippen LogP contribution in [0.2, 0.25) is 0 Å². The number of halogens is 2. The summed E-state index contributed by atoms with van der Waals surface area (Å²) in [6, 6.07) is 12.2. The number of alkyl halides is 2. The summed E-state index contributed by atoms with van der Waals surface area (Å²) in [7, 11) is 1.63. The third-order valence-corrected chi connectivity index (χ3v) is 6.11. The topological polar surface area (TPSA) is 87.3 Å². The van der Waals surface area contributed by atoms with Crippen LogP contribution in [0, 0.1) is 11.3 Å². The molecule has 0 saturated carbocycles. The third kappa shape index (κ3) is 4.50. The average Bonchev–Trinajstić information content (AvgIpc) is 2.80. The Labute approximate surface area is 189 Å². The van der Waals surface area contributed by atoms with Crippen LogP contribution in [0.3, 0.4) is 0 Å². The summed E-state index contributed by atoms with van der Waals surface area (Å²) < 4.78 is 30.7. The Morgan fingerprint density at radius 3 is 2.52 bits per heavy atom. The molecule has 0 amide bonds. The van der Waals surface area contributed by atoms with E-state index in [1.165, 1.54) is 4.57 Å². The van der Waals surface area contributed by atoms with Crippen LogP contribution in [0.4, 0.5) is 14.6 Å². The maximum atomic E-state index is 12.4. The molecule has 33 heavy (non-hydrogen) atoms. The number of ether oxygens (including phenoxy) is 1. The molecule has 1 saturated heterocycles. The molecule has 10 heteroatoms. The highest BCUT2D eigenvalue weighted by Gasteiger charge is 2.30. The minimum absolute atomic E-state index is 0.0550. The quantitative estimate of drug-likeness (QED) is 0.586. The van der Waals surface area contributed by atoms with Crippen molar-refractivity contribution in [2.24, 2.45) is 7.05 Å². The van der Waals surface area contributed by atoms with Crippen LogP contribution in [-0.2, 0) is 7.05 Å². The molecule has 2 aromatic heterocycles. The summed E-state index contributed by atoms with van der Waals surface area (Å²) in [4.78, 5) is 25.5. The Bertz CT molecular complexity index is 1250.